The number of allylic oxidation sites excluding steroid dienone is 1. The number of esters is 1. The van der Waals surface area contributed by atoms with Crippen molar-refractivity contribution in [2.45, 2.75) is 103 Å². The Bertz CT molecular complexity index is 299. The van der Waals surface area contributed by atoms with Crippen molar-refractivity contribution in [1.29, 1.82) is 0 Å². The van der Waals surface area contributed by atoms with Crippen molar-refractivity contribution >= 4 is 5.97 Å². The molecular formula is C21H40O3. The second-order valence-corrected chi connectivity index (χ2v) is 6.53. The van der Waals surface area contributed by atoms with Gasteiger partial charge in [0.05, 0.1) is 12.7 Å². The zero-order valence-corrected chi connectivity index (χ0v) is 16.4. The Kier molecular flexibility index (Phi) is 17.9. The van der Waals surface area contributed by atoms with Gasteiger partial charge in [0.25, 0.3) is 0 Å². The lowest BCUT2D eigenvalue weighted by molar-refractivity contribution is -0.143. The lowest BCUT2D eigenvalue weighted by Gasteiger charge is -2.12. The molecule has 0 bridgehead atoms. The fourth-order valence-corrected chi connectivity index (χ4v) is 2.79. The molecule has 3 heteroatoms. The zero-order chi connectivity index (χ0) is 17.9. The van der Waals surface area contributed by atoms with Crippen molar-refractivity contribution in [2.75, 3.05) is 13.7 Å². The van der Waals surface area contributed by atoms with Crippen LogP contribution >= 0.6 is 0 Å². The minimum atomic E-state index is -0.0529. The van der Waals surface area contributed by atoms with Gasteiger partial charge in [-0.15, -0.1) is 0 Å². The van der Waals surface area contributed by atoms with Crippen LogP contribution in [0.4, 0.5) is 0 Å². The van der Waals surface area contributed by atoms with Gasteiger partial charge in [0.1, 0.15) is 0 Å². The molecule has 0 amide bonds. The normalized spacial score (nSPS) is 12.6. The van der Waals surface area contributed by atoms with Crippen LogP contribution in [0.25, 0.3) is 0 Å². The van der Waals surface area contributed by atoms with Gasteiger partial charge >= 0.3 is 5.97 Å². The molecule has 0 aromatic heterocycles. The van der Waals surface area contributed by atoms with Crippen LogP contribution in [-0.4, -0.2) is 25.8 Å². The molecule has 1 atom stereocenters. The Morgan fingerprint density at radius 1 is 0.917 bits per heavy atom. The van der Waals surface area contributed by atoms with E-state index in [1.165, 1.54) is 51.4 Å². The number of carbonyl (C=O) groups excluding carboxylic acids is 1. The van der Waals surface area contributed by atoms with Gasteiger partial charge < -0.3 is 9.47 Å². The molecule has 0 spiro atoms. The van der Waals surface area contributed by atoms with E-state index in [1.807, 2.05) is 14.0 Å². The Labute approximate surface area is 150 Å². The van der Waals surface area contributed by atoms with Crippen molar-refractivity contribution in [2.24, 2.45) is 0 Å². The van der Waals surface area contributed by atoms with E-state index in [0.717, 1.165) is 25.7 Å². The summed E-state index contributed by atoms with van der Waals surface area (Å²) in [6.07, 6.45) is 20.0. The van der Waals surface area contributed by atoms with E-state index >= 15 is 0 Å². The van der Waals surface area contributed by atoms with Gasteiger partial charge in [0.2, 0.25) is 0 Å². The Balaban J connectivity index is 3.42. The fraction of sp³-hybridized carbons (Fsp3) is 0.857. The Hall–Kier alpha value is -0.830. The molecule has 0 aromatic rings. The molecule has 0 saturated carbocycles. The predicted octanol–water partition coefficient (Wildman–Crippen LogP) is 6.21. The number of unbranched alkanes of at least 4 members (excludes halogenated alkanes) is 8. The topological polar surface area (TPSA) is 35.5 Å². The molecule has 0 saturated heterocycles. The highest BCUT2D eigenvalue weighted by Gasteiger charge is 2.04. The largest absolute Gasteiger partial charge is 0.466 e. The number of rotatable bonds is 17. The number of hydrogen-bond acceptors (Lipinski definition) is 3. The number of carbonyl (C=O) groups is 1. The first-order valence-corrected chi connectivity index (χ1v) is 10.1. The number of methoxy groups -OCH3 is 1. The zero-order valence-electron chi connectivity index (χ0n) is 16.4. The summed E-state index contributed by atoms with van der Waals surface area (Å²) in [5, 5.41) is 0. The maximum atomic E-state index is 11.2. The molecule has 142 valence electrons. The SMILES string of the molecule is CCCCCCC(C/C=C/CCCCCCCC(=O)OCC)OC. The number of ether oxygens (including phenoxy) is 2. The molecule has 0 fully saturated rings. The highest BCUT2D eigenvalue weighted by molar-refractivity contribution is 5.69. The molecule has 3 nitrogen and oxygen atoms in total. The van der Waals surface area contributed by atoms with E-state index in [4.69, 9.17) is 9.47 Å². The molecule has 0 aliphatic rings. The summed E-state index contributed by atoms with van der Waals surface area (Å²) in [5.74, 6) is -0.0529. The smallest absolute Gasteiger partial charge is 0.305 e. The van der Waals surface area contributed by atoms with Crippen molar-refractivity contribution in [3.05, 3.63) is 12.2 Å². The highest BCUT2D eigenvalue weighted by atomic mass is 16.5. The third-order valence-electron chi connectivity index (χ3n) is 4.34. The molecule has 24 heavy (non-hydrogen) atoms. The summed E-state index contributed by atoms with van der Waals surface area (Å²) >= 11 is 0. The van der Waals surface area contributed by atoms with E-state index < -0.39 is 0 Å². The highest BCUT2D eigenvalue weighted by Crippen LogP contribution is 2.12. The van der Waals surface area contributed by atoms with Crippen LogP contribution in [-0.2, 0) is 14.3 Å². The third-order valence-corrected chi connectivity index (χ3v) is 4.34. The van der Waals surface area contributed by atoms with Gasteiger partial charge in [-0.25, -0.2) is 0 Å². The van der Waals surface area contributed by atoms with Crippen LogP contribution in [0, 0.1) is 0 Å². The van der Waals surface area contributed by atoms with E-state index in [0.29, 0.717) is 19.1 Å². The van der Waals surface area contributed by atoms with E-state index in [2.05, 4.69) is 19.1 Å². The average Bonchev–Trinajstić information content (AvgIpc) is 2.58. The monoisotopic (exact) mass is 340 g/mol. The molecule has 1 unspecified atom stereocenters. The molecule has 0 radical (unpaired) electrons. The Morgan fingerprint density at radius 3 is 2.33 bits per heavy atom. The van der Waals surface area contributed by atoms with Gasteiger partial charge in [-0.1, -0.05) is 64.0 Å². The summed E-state index contributed by atoms with van der Waals surface area (Å²) in [5.41, 5.74) is 0. The average molecular weight is 341 g/mol. The van der Waals surface area contributed by atoms with E-state index in [-0.39, 0.29) is 5.97 Å². The Morgan fingerprint density at radius 2 is 1.62 bits per heavy atom. The van der Waals surface area contributed by atoms with Crippen molar-refractivity contribution in [1.82, 2.24) is 0 Å². The maximum absolute atomic E-state index is 11.2. The fourth-order valence-electron chi connectivity index (χ4n) is 2.79. The second-order valence-electron chi connectivity index (χ2n) is 6.53. The standard InChI is InChI=1S/C21H40O3/c1-4-6-7-14-17-20(23-3)18-15-12-10-8-9-11-13-16-19-21(22)24-5-2/h12,15,20H,4-11,13-14,16-19H2,1-3H3/b15-12+. The van der Waals surface area contributed by atoms with Gasteiger partial charge in [0.15, 0.2) is 0 Å². The van der Waals surface area contributed by atoms with Crippen molar-refractivity contribution in [3.63, 3.8) is 0 Å². The van der Waals surface area contributed by atoms with Crippen LogP contribution in [0.5, 0.6) is 0 Å². The van der Waals surface area contributed by atoms with Gasteiger partial charge in [-0.05, 0) is 39.0 Å². The van der Waals surface area contributed by atoms with Crippen LogP contribution in [0.15, 0.2) is 12.2 Å². The second kappa shape index (κ2) is 18.5. The van der Waals surface area contributed by atoms with Crippen LogP contribution in [0.2, 0.25) is 0 Å². The molecule has 0 rings (SSSR count). The first kappa shape index (κ1) is 23.2. The summed E-state index contributed by atoms with van der Waals surface area (Å²) in [6, 6.07) is 0. The minimum absolute atomic E-state index is 0.0529. The molecule has 0 heterocycles. The van der Waals surface area contributed by atoms with Crippen molar-refractivity contribution in [3.8, 4) is 0 Å². The lowest BCUT2D eigenvalue weighted by atomic mass is 10.1. The van der Waals surface area contributed by atoms with Gasteiger partial charge in [0, 0.05) is 13.5 Å². The maximum Gasteiger partial charge on any atom is 0.305 e. The van der Waals surface area contributed by atoms with Crippen molar-refractivity contribution < 1.29 is 14.3 Å². The molecule has 0 aliphatic carbocycles. The third kappa shape index (κ3) is 16.0. The van der Waals surface area contributed by atoms with Gasteiger partial charge in [-0.2, -0.15) is 0 Å². The van der Waals surface area contributed by atoms with E-state index in [1.54, 1.807) is 0 Å². The lowest BCUT2D eigenvalue weighted by Crippen LogP contribution is -2.08. The van der Waals surface area contributed by atoms with Crippen LogP contribution < -0.4 is 0 Å². The summed E-state index contributed by atoms with van der Waals surface area (Å²) < 4.78 is 10.5. The molecular weight excluding hydrogens is 300 g/mol. The predicted molar refractivity (Wildman–Crippen MR) is 102 cm³/mol. The van der Waals surface area contributed by atoms with Crippen LogP contribution in [0.1, 0.15) is 97.3 Å². The first-order valence-electron chi connectivity index (χ1n) is 10.1. The van der Waals surface area contributed by atoms with Gasteiger partial charge in [-0.3, -0.25) is 4.79 Å². The molecule has 0 aromatic carbocycles. The summed E-state index contributed by atoms with van der Waals surface area (Å²) in [7, 11) is 1.83. The first-order chi connectivity index (χ1) is 11.7. The molecule has 0 N–H and O–H groups in total. The number of hydrogen-bond donors (Lipinski definition) is 0. The quantitative estimate of drug-likeness (QED) is 0.179. The van der Waals surface area contributed by atoms with E-state index in [9.17, 15) is 4.79 Å². The summed E-state index contributed by atoms with van der Waals surface area (Å²) in [4.78, 5) is 11.2. The minimum Gasteiger partial charge on any atom is -0.466 e. The molecule has 0 aliphatic heterocycles. The van der Waals surface area contributed by atoms with Crippen LogP contribution in [0.3, 0.4) is 0 Å². The summed E-state index contributed by atoms with van der Waals surface area (Å²) in [6.45, 7) is 4.59.